The highest BCUT2D eigenvalue weighted by molar-refractivity contribution is 5.67. The lowest BCUT2D eigenvalue weighted by molar-refractivity contribution is -0.870. The van der Waals surface area contributed by atoms with E-state index < -0.39 is 0 Å². The van der Waals surface area contributed by atoms with Crippen LogP contribution in [0.3, 0.4) is 0 Å². The number of carbonyl (C=O) groups is 1. The molecule has 0 aromatic rings. The first-order valence-corrected chi connectivity index (χ1v) is 21.2. The predicted molar refractivity (Wildman–Crippen MR) is 218 cm³/mol. The van der Waals surface area contributed by atoms with Gasteiger partial charge >= 0.3 is 6.09 Å². The zero-order valence-corrected chi connectivity index (χ0v) is 33.7. The van der Waals surface area contributed by atoms with E-state index in [0.29, 0.717) is 19.1 Å². The molecule has 0 saturated heterocycles. The van der Waals surface area contributed by atoms with Crippen molar-refractivity contribution in [3.05, 3.63) is 48.6 Å². The molecule has 286 valence electrons. The minimum Gasteiger partial charge on any atom is -0.449 e. The summed E-state index contributed by atoms with van der Waals surface area (Å²) >= 11 is 0. The number of allylic oxidation sites excluding steroid dienone is 8. The van der Waals surface area contributed by atoms with Crippen molar-refractivity contribution in [2.24, 2.45) is 5.92 Å². The summed E-state index contributed by atoms with van der Waals surface area (Å²) in [5.41, 5.74) is 0. The second-order valence-electron chi connectivity index (χ2n) is 15.5. The molecule has 4 nitrogen and oxygen atoms in total. The first-order chi connectivity index (χ1) is 23.9. The van der Waals surface area contributed by atoms with Crippen LogP contribution in [0.1, 0.15) is 187 Å². The largest absolute Gasteiger partial charge is 0.449 e. The van der Waals surface area contributed by atoms with Crippen LogP contribution in [0.25, 0.3) is 0 Å². The number of hydrogen-bond acceptors (Lipinski definition) is 2. The zero-order chi connectivity index (χ0) is 35.9. The zero-order valence-electron chi connectivity index (χ0n) is 33.7. The van der Waals surface area contributed by atoms with Crippen LogP contribution in [0.5, 0.6) is 0 Å². The number of hydrogen-bond donors (Lipinski definition) is 1. The van der Waals surface area contributed by atoms with Gasteiger partial charge in [0.25, 0.3) is 0 Å². The highest BCUT2D eigenvalue weighted by Gasteiger charge is 2.13. The molecular weight excluding hydrogens is 601 g/mol. The average molecular weight is 686 g/mol. The van der Waals surface area contributed by atoms with Gasteiger partial charge in [-0.15, -0.1) is 0 Å². The fourth-order valence-electron chi connectivity index (χ4n) is 6.14. The van der Waals surface area contributed by atoms with Crippen molar-refractivity contribution in [3.8, 4) is 0 Å². The molecule has 4 heteroatoms. The lowest BCUT2D eigenvalue weighted by atomic mass is 9.94. The summed E-state index contributed by atoms with van der Waals surface area (Å²) in [5.74, 6) is 0.494. The normalized spacial score (nSPS) is 13.1. The predicted octanol–water partition coefficient (Wildman–Crippen LogP) is 13.8. The minimum atomic E-state index is -0.236. The molecule has 1 N–H and O–H groups in total. The summed E-state index contributed by atoms with van der Waals surface area (Å²) < 4.78 is 6.64. The fourth-order valence-corrected chi connectivity index (χ4v) is 6.14. The van der Waals surface area contributed by atoms with Gasteiger partial charge in [-0.25, -0.2) is 4.79 Å². The molecule has 0 aliphatic carbocycles. The summed E-state index contributed by atoms with van der Waals surface area (Å²) in [7, 11) is 6.56. The molecule has 0 spiro atoms. The number of unbranched alkanes of at least 4 members (excludes halogenated alkanes) is 18. The highest BCUT2D eigenvalue weighted by atomic mass is 16.5. The van der Waals surface area contributed by atoms with Crippen molar-refractivity contribution in [2.75, 3.05) is 40.8 Å². The van der Waals surface area contributed by atoms with Crippen LogP contribution < -0.4 is 5.32 Å². The molecule has 0 bridgehead atoms. The van der Waals surface area contributed by atoms with Gasteiger partial charge in [-0.1, -0.05) is 152 Å². The number of carbonyl (C=O) groups excluding carboxylic acids is 1. The Morgan fingerprint density at radius 3 is 1.33 bits per heavy atom. The third kappa shape index (κ3) is 40.5. The molecule has 0 radical (unpaired) electrons. The summed E-state index contributed by atoms with van der Waals surface area (Å²) in [4.78, 5) is 12.4. The summed E-state index contributed by atoms with van der Waals surface area (Å²) in [6.45, 7) is 6.83. The molecule has 0 aliphatic rings. The number of nitrogens with one attached hydrogen (secondary N) is 1. The number of quaternary nitrogens is 1. The summed E-state index contributed by atoms with van der Waals surface area (Å²) in [6, 6.07) is 0. The van der Waals surface area contributed by atoms with Crippen LogP contribution in [0, 0.1) is 5.92 Å². The van der Waals surface area contributed by atoms with Gasteiger partial charge in [-0.05, 0) is 83.0 Å². The van der Waals surface area contributed by atoms with Gasteiger partial charge in [-0.2, -0.15) is 0 Å². The van der Waals surface area contributed by atoms with Crippen molar-refractivity contribution < 1.29 is 14.0 Å². The first kappa shape index (κ1) is 47.2. The quantitative estimate of drug-likeness (QED) is 0.0405. The third-order valence-electron chi connectivity index (χ3n) is 9.35. The maximum absolute atomic E-state index is 12.4. The minimum absolute atomic E-state index is 0.236. The number of rotatable bonds is 36. The molecule has 0 unspecified atom stereocenters. The number of alkyl carbamates (subject to hydrolysis) is 1. The fraction of sp³-hybridized carbons (Fsp3) is 0.800. The molecule has 0 saturated carbocycles. The second kappa shape index (κ2) is 37.4. The standard InChI is InChI=1S/C45H84N2O2/c1-6-8-10-12-14-16-18-20-22-24-26-28-30-32-34-36-39-44(43-49-45(48)46-41-38-42-47(3,4)5)40-37-35-33-31-29-27-25-23-21-19-17-15-13-11-9-7-2/h14-17,20-23,44H,6-13,18-19,24-43H2,1-5H3/p+1. The van der Waals surface area contributed by atoms with Crippen LogP contribution in [-0.2, 0) is 4.74 Å². The van der Waals surface area contributed by atoms with Crippen molar-refractivity contribution in [1.29, 1.82) is 0 Å². The summed E-state index contributed by atoms with van der Waals surface area (Å²) in [5, 5.41) is 2.97. The maximum Gasteiger partial charge on any atom is 0.407 e. The van der Waals surface area contributed by atoms with E-state index in [0.717, 1.165) is 30.3 Å². The Morgan fingerprint density at radius 2 is 0.918 bits per heavy atom. The third-order valence-corrected chi connectivity index (χ3v) is 9.35. The van der Waals surface area contributed by atoms with Crippen molar-refractivity contribution in [1.82, 2.24) is 5.32 Å². The molecule has 0 rings (SSSR count). The Labute approximate surface area is 307 Å². The molecular formula is C45H85N2O2+. The smallest absolute Gasteiger partial charge is 0.407 e. The summed E-state index contributed by atoms with van der Waals surface area (Å²) in [6.07, 6.45) is 52.6. The van der Waals surface area contributed by atoms with Crippen LogP contribution in [0.2, 0.25) is 0 Å². The van der Waals surface area contributed by atoms with E-state index in [2.05, 4.69) is 88.9 Å². The Morgan fingerprint density at radius 1 is 0.531 bits per heavy atom. The second-order valence-corrected chi connectivity index (χ2v) is 15.5. The molecule has 0 fully saturated rings. The van der Waals surface area contributed by atoms with Crippen LogP contribution in [0.4, 0.5) is 4.79 Å². The molecule has 0 heterocycles. The Hall–Kier alpha value is -1.81. The topological polar surface area (TPSA) is 38.3 Å². The van der Waals surface area contributed by atoms with E-state index >= 15 is 0 Å². The number of amides is 1. The lowest BCUT2D eigenvalue weighted by Gasteiger charge is -2.23. The van der Waals surface area contributed by atoms with Gasteiger partial charge in [0.05, 0.1) is 34.3 Å². The van der Waals surface area contributed by atoms with Gasteiger partial charge in [0.15, 0.2) is 0 Å². The maximum atomic E-state index is 12.4. The van der Waals surface area contributed by atoms with E-state index in [1.54, 1.807) is 0 Å². The Kier molecular flexibility index (Phi) is 36.1. The monoisotopic (exact) mass is 686 g/mol. The van der Waals surface area contributed by atoms with E-state index in [-0.39, 0.29) is 6.09 Å². The van der Waals surface area contributed by atoms with Crippen molar-refractivity contribution in [2.45, 2.75) is 187 Å². The van der Waals surface area contributed by atoms with Gasteiger partial charge in [0.2, 0.25) is 0 Å². The van der Waals surface area contributed by atoms with Gasteiger partial charge < -0.3 is 14.5 Å². The van der Waals surface area contributed by atoms with E-state index in [1.807, 2.05) is 0 Å². The SMILES string of the molecule is CCCCCC=CCC=CCCCCCCCCC(CCCCCCCCC=CCC=CCCCCC)COC(=O)NCCC[N+](C)(C)C. The average Bonchev–Trinajstić information content (AvgIpc) is 3.07. The lowest BCUT2D eigenvalue weighted by Crippen LogP contribution is -2.37. The van der Waals surface area contributed by atoms with E-state index in [9.17, 15) is 4.79 Å². The van der Waals surface area contributed by atoms with Gasteiger partial charge in [0, 0.05) is 13.0 Å². The van der Waals surface area contributed by atoms with Crippen LogP contribution in [-0.4, -0.2) is 51.4 Å². The molecule has 0 aromatic carbocycles. The molecule has 1 amide bonds. The van der Waals surface area contributed by atoms with Crippen molar-refractivity contribution in [3.63, 3.8) is 0 Å². The van der Waals surface area contributed by atoms with Crippen molar-refractivity contribution >= 4 is 6.09 Å². The highest BCUT2D eigenvalue weighted by Crippen LogP contribution is 2.20. The Balaban J connectivity index is 4.14. The number of ether oxygens (including phenoxy) is 1. The van der Waals surface area contributed by atoms with Gasteiger partial charge in [0.1, 0.15) is 0 Å². The van der Waals surface area contributed by atoms with E-state index in [4.69, 9.17) is 4.74 Å². The Bertz CT molecular complexity index is 759. The molecule has 0 aliphatic heterocycles. The molecule has 49 heavy (non-hydrogen) atoms. The van der Waals surface area contributed by atoms with Crippen LogP contribution in [0.15, 0.2) is 48.6 Å². The first-order valence-electron chi connectivity index (χ1n) is 21.2. The molecule has 0 atom stereocenters. The molecule has 0 aromatic heterocycles. The number of nitrogens with zero attached hydrogens (tertiary/aromatic N) is 1. The van der Waals surface area contributed by atoms with Crippen LogP contribution >= 0.6 is 0 Å². The van der Waals surface area contributed by atoms with E-state index in [1.165, 1.54) is 154 Å². The van der Waals surface area contributed by atoms with Gasteiger partial charge in [-0.3, -0.25) is 0 Å².